The fraction of sp³-hybridized carbons (Fsp3) is 0.750. The number of rotatable bonds is 4. The van der Waals surface area contributed by atoms with E-state index in [-0.39, 0.29) is 6.42 Å². The van der Waals surface area contributed by atoms with E-state index in [0.717, 1.165) is 6.92 Å². The fourth-order valence-electron chi connectivity index (χ4n) is 0.635. The van der Waals surface area contributed by atoms with Crippen LogP contribution in [0.25, 0.3) is 0 Å². The van der Waals surface area contributed by atoms with Gasteiger partial charge in [0.25, 0.3) is 0 Å². The Balaban J connectivity index is 5.02. The fourth-order valence-corrected chi connectivity index (χ4v) is 0.635. The van der Waals surface area contributed by atoms with Crippen LogP contribution in [-0.4, -0.2) is 16.9 Å². The van der Waals surface area contributed by atoms with Gasteiger partial charge in [-0.05, 0) is 0 Å². The summed E-state index contributed by atoms with van der Waals surface area (Å²) in [6.45, 7) is 3.78. The first-order valence-electron chi connectivity index (χ1n) is 4.44. The molecule has 0 aromatic rings. The first-order chi connectivity index (χ1) is 5.67. The molecule has 0 aliphatic rings. The molecule has 0 aliphatic carbocycles. The molecule has 0 spiro atoms. The van der Waals surface area contributed by atoms with Crippen molar-refractivity contribution in [2.75, 3.05) is 0 Å². The third-order valence-corrected chi connectivity index (χ3v) is 1.62. The molecule has 0 fully saturated rings. The Hall–Kier alpha value is -0.860. The second kappa shape index (κ2) is 4.11. The topological polar surface area (TPSA) is 54.4 Å². The van der Waals surface area contributed by atoms with Gasteiger partial charge in [-0.25, -0.2) is 0 Å². The monoisotopic (exact) mass is 160 g/mol. The van der Waals surface area contributed by atoms with Crippen molar-refractivity contribution < 1.29 is 17.4 Å². The normalized spacial score (nSPS) is 23.9. The highest BCUT2D eigenvalue weighted by Gasteiger charge is 2.23. The highest BCUT2D eigenvalue weighted by molar-refractivity contribution is 5.85. The standard InChI is InChI=1S/C8H14O3/c1-4-7(9)5(2)6(3)8(10)11/h5-6H,4H2,1-3H3,(H,10,11)/i5D,6D. The number of carboxylic acid groups (broad SMARTS) is 1. The van der Waals surface area contributed by atoms with Crippen LogP contribution in [0.1, 0.15) is 29.9 Å². The molecule has 11 heavy (non-hydrogen) atoms. The molecular weight excluding hydrogens is 144 g/mol. The van der Waals surface area contributed by atoms with Gasteiger partial charge >= 0.3 is 5.97 Å². The van der Waals surface area contributed by atoms with E-state index < -0.39 is 23.5 Å². The minimum absolute atomic E-state index is 0.0712. The van der Waals surface area contributed by atoms with Gasteiger partial charge in [0, 0.05) is 15.1 Å². The molecule has 0 aromatic heterocycles. The number of hydrogen-bond acceptors (Lipinski definition) is 2. The average Bonchev–Trinajstić information content (AvgIpc) is 2.02. The molecule has 3 heteroatoms. The molecule has 2 atom stereocenters. The molecule has 2 unspecified atom stereocenters. The molecule has 0 rings (SSSR count). The first kappa shape index (κ1) is 6.83. The second-order valence-corrected chi connectivity index (χ2v) is 2.33. The third-order valence-electron chi connectivity index (χ3n) is 1.62. The van der Waals surface area contributed by atoms with Gasteiger partial charge in [-0.3, -0.25) is 9.59 Å². The summed E-state index contributed by atoms with van der Waals surface area (Å²) in [7, 11) is 0. The molecule has 0 saturated carbocycles. The number of carbonyl (C=O) groups is 2. The maximum atomic E-state index is 11.2. The number of hydrogen-bond donors (Lipinski definition) is 1. The highest BCUT2D eigenvalue weighted by Crippen LogP contribution is 2.13. The summed E-state index contributed by atoms with van der Waals surface area (Å²) in [5.74, 6) is -5.98. The summed E-state index contributed by atoms with van der Waals surface area (Å²) in [6.07, 6.45) is 0.0712. The van der Waals surface area contributed by atoms with Crippen LogP contribution in [0.5, 0.6) is 0 Å². The quantitative estimate of drug-likeness (QED) is 0.674. The molecule has 0 amide bonds. The Kier molecular flexibility index (Phi) is 2.55. The molecule has 3 nitrogen and oxygen atoms in total. The molecule has 0 aliphatic heterocycles. The largest absolute Gasteiger partial charge is 0.481 e. The minimum Gasteiger partial charge on any atom is -0.481 e. The van der Waals surface area contributed by atoms with Crippen molar-refractivity contribution in [2.24, 2.45) is 11.8 Å². The lowest BCUT2D eigenvalue weighted by Gasteiger charge is -2.12. The van der Waals surface area contributed by atoms with Gasteiger partial charge in [0.2, 0.25) is 0 Å². The predicted molar refractivity (Wildman–Crippen MR) is 41.3 cm³/mol. The highest BCUT2D eigenvalue weighted by atomic mass is 16.4. The van der Waals surface area contributed by atoms with Crippen molar-refractivity contribution in [3.63, 3.8) is 0 Å². The Bertz CT molecular complexity index is 234. The second-order valence-electron chi connectivity index (χ2n) is 2.33. The van der Waals surface area contributed by atoms with Gasteiger partial charge in [0.1, 0.15) is 5.78 Å². The molecule has 0 saturated heterocycles. The van der Waals surface area contributed by atoms with E-state index in [0.29, 0.717) is 0 Å². The Labute approximate surface area is 69.2 Å². The third kappa shape index (κ3) is 2.70. The maximum Gasteiger partial charge on any atom is 0.306 e. The van der Waals surface area contributed by atoms with Gasteiger partial charge < -0.3 is 5.11 Å². The molecule has 1 N–H and O–H groups in total. The van der Waals surface area contributed by atoms with Crippen LogP contribution in [-0.2, 0) is 9.59 Å². The lowest BCUT2D eigenvalue weighted by molar-refractivity contribution is -0.145. The van der Waals surface area contributed by atoms with Crippen molar-refractivity contribution in [2.45, 2.75) is 27.2 Å². The van der Waals surface area contributed by atoms with E-state index >= 15 is 0 Å². The molecule has 64 valence electrons. The van der Waals surface area contributed by atoms with E-state index in [2.05, 4.69) is 0 Å². The predicted octanol–water partition coefficient (Wildman–Crippen LogP) is 1.32. The number of ketones is 1. The number of Topliss-reactive ketones (excluding diaryl/α,β-unsaturated/α-hetero) is 1. The Morgan fingerprint density at radius 3 is 2.18 bits per heavy atom. The van der Waals surface area contributed by atoms with E-state index in [1.807, 2.05) is 0 Å². The number of carbonyl (C=O) groups excluding carboxylic acids is 1. The van der Waals surface area contributed by atoms with Crippen LogP contribution < -0.4 is 0 Å². The Morgan fingerprint density at radius 1 is 1.45 bits per heavy atom. The van der Waals surface area contributed by atoms with E-state index in [1.165, 1.54) is 6.92 Å². The van der Waals surface area contributed by atoms with Gasteiger partial charge in [-0.1, -0.05) is 20.8 Å². The summed E-state index contributed by atoms with van der Waals surface area (Å²) in [5, 5.41) is 8.66. The summed E-state index contributed by atoms with van der Waals surface area (Å²) < 4.78 is 15.0. The minimum atomic E-state index is -2.10. The lowest BCUT2D eigenvalue weighted by atomic mass is 9.91. The molecule has 0 radical (unpaired) electrons. The zero-order chi connectivity index (χ0) is 10.9. The van der Waals surface area contributed by atoms with Crippen LogP contribution >= 0.6 is 0 Å². The van der Waals surface area contributed by atoms with Gasteiger partial charge in [-0.15, -0.1) is 0 Å². The van der Waals surface area contributed by atoms with Crippen LogP contribution in [0.15, 0.2) is 0 Å². The molecule has 0 aromatic carbocycles. The summed E-state index contributed by atoms with van der Waals surface area (Å²) >= 11 is 0. The van der Waals surface area contributed by atoms with Crippen molar-refractivity contribution in [3.05, 3.63) is 0 Å². The zero-order valence-corrected chi connectivity index (χ0v) is 6.97. The average molecular weight is 160 g/mol. The van der Waals surface area contributed by atoms with Gasteiger partial charge in [-0.2, -0.15) is 0 Å². The van der Waals surface area contributed by atoms with Crippen molar-refractivity contribution in [3.8, 4) is 0 Å². The van der Waals surface area contributed by atoms with Crippen LogP contribution in [0.3, 0.4) is 0 Å². The van der Waals surface area contributed by atoms with Crippen LogP contribution in [0.2, 0.25) is 0 Å². The van der Waals surface area contributed by atoms with E-state index in [9.17, 15) is 9.59 Å². The van der Waals surface area contributed by atoms with Crippen molar-refractivity contribution in [1.29, 1.82) is 0 Å². The zero-order valence-electron chi connectivity index (χ0n) is 8.97. The summed E-state index contributed by atoms with van der Waals surface area (Å²) in [4.78, 5) is 21.8. The lowest BCUT2D eigenvalue weighted by Crippen LogP contribution is -2.24. The van der Waals surface area contributed by atoms with Gasteiger partial charge in [0.05, 0.1) is 5.89 Å². The maximum absolute atomic E-state index is 11.2. The molecule has 0 bridgehead atoms. The number of aliphatic carboxylic acids is 1. The van der Waals surface area contributed by atoms with E-state index in [1.54, 1.807) is 6.92 Å². The molecule has 0 heterocycles. The Morgan fingerprint density at radius 2 is 1.91 bits per heavy atom. The smallest absolute Gasteiger partial charge is 0.306 e. The van der Waals surface area contributed by atoms with Crippen LogP contribution in [0, 0.1) is 11.8 Å². The number of carboxylic acids is 1. The van der Waals surface area contributed by atoms with Gasteiger partial charge in [0.15, 0.2) is 0 Å². The summed E-state index contributed by atoms with van der Waals surface area (Å²) in [5.41, 5.74) is 0. The molecular formula is C8H14O3. The first-order valence-corrected chi connectivity index (χ1v) is 3.44. The van der Waals surface area contributed by atoms with Crippen molar-refractivity contribution in [1.82, 2.24) is 0 Å². The summed E-state index contributed by atoms with van der Waals surface area (Å²) in [6, 6.07) is 0. The SMILES string of the molecule is [2H]C(C)(C(=O)O)C([2H])(C)C(=O)CC. The van der Waals surface area contributed by atoms with E-state index in [4.69, 9.17) is 7.85 Å². The van der Waals surface area contributed by atoms with Crippen LogP contribution in [0.4, 0.5) is 0 Å². The van der Waals surface area contributed by atoms with Crippen molar-refractivity contribution >= 4 is 11.8 Å².